The highest BCUT2D eigenvalue weighted by molar-refractivity contribution is 6.08. The van der Waals surface area contributed by atoms with Gasteiger partial charge in [0.05, 0.1) is 34.9 Å². The zero-order chi connectivity index (χ0) is 28.0. The fraction of sp³-hybridized carbons (Fsp3) is 0.440. The number of hydrogen-bond acceptors (Lipinski definition) is 6. The monoisotopic (exact) mass is 536 g/mol. The van der Waals surface area contributed by atoms with Gasteiger partial charge in [-0.2, -0.15) is 18.3 Å². The zero-order valence-corrected chi connectivity index (χ0v) is 21.1. The molecule has 0 spiro atoms. The van der Waals surface area contributed by atoms with Crippen LogP contribution in [0.25, 0.3) is 10.9 Å². The molecule has 4 heterocycles. The number of hydrogen-bond donors (Lipinski definition) is 2. The molecule has 204 valence electrons. The van der Waals surface area contributed by atoms with E-state index in [2.05, 4.69) is 12.2 Å². The minimum Gasteiger partial charge on any atom is -0.490 e. The molecular weight excluding hydrogens is 509 g/mol. The number of pyridine rings is 1. The van der Waals surface area contributed by atoms with Crippen LogP contribution < -0.4 is 15.6 Å². The summed E-state index contributed by atoms with van der Waals surface area (Å²) in [4.78, 5) is 34.3. The molecule has 2 saturated heterocycles. The van der Waals surface area contributed by atoms with E-state index in [4.69, 9.17) is 24.5 Å². The van der Waals surface area contributed by atoms with Gasteiger partial charge in [0, 0.05) is 43.7 Å². The highest BCUT2D eigenvalue weighted by Gasteiger charge is 2.61. The Labute approximate surface area is 214 Å². The number of carbonyl (C=O) groups excluding carboxylic acids is 1. The van der Waals surface area contributed by atoms with Gasteiger partial charge in [0.25, 0.3) is 11.5 Å². The van der Waals surface area contributed by atoms with E-state index >= 15 is 0 Å². The van der Waals surface area contributed by atoms with Crippen molar-refractivity contribution in [3.05, 3.63) is 52.6 Å². The van der Waals surface area contributed by atoms with Crippen LogP contribution in [0.15, 0.2) is 41.5 Å². The van der Waals surface area contributed by atoms with E-state index in [1.54, 1.807) is 37.5 Å². The first-order valence-electron chi connectivity index (χ1n) is 11.7. The summed E-state index contributed by atoms with van der Waals surface area (Å²) < 4.78 is 47.0. The number of aryl methyl sites for hydroxylation is 1. The minimum atomic E-state index is -5.08. The molecule has 1 saturated carbocycles. The average molecular weight is 537 g/mol. The van der Waals surface area contributed by atoms with Crippen molar-refractivity contribution < 1.29 is 37.3 Å². The number of aliphatic carboxylic acids is 1. The van der Waals surface area contributed by atoms with Crippen LogP contribution in [0, 0.1) is 0 Å². The number of ether oxygens (including phenoxy) is 2. The van der Waals surface area contributed by atoms with E-state index in [9.17, 15) is 22.8 Å². The molecule has 3 aliphatic rings. The Hall–Kier alpha value is -3.87. The number of fused-ring (bicyclic) bond motifs is 2. The van der Waals surface area contributed by atoms with Gasteiger partial charge in [-0.1, -0.05) is 0 Å². The Morgan fingerprint density at radius 3 is 2.47 bits per heavy atom. The molecule has 38 heavy (non-hydrogen) atoms. The first kappa shape index (κ1) is 27.2. The van der Waals surface area contributed by atoms with Crippen molar-refractivity contribution in [3.8, 4) is 5.75 Å². The van der Waals surface area contributed by atoms with Gasteiger partial charge in [-0.3, -0.25) is 14.3 Å². The number of benzene rings is 1. The van der Waals surface area contributed by atoms with E-state index in [1.165, 1.54) is 4.57 Å². The van der Waals surface area contributed by atoms with Crippen molar-refractivity contribution in [3.63, 3.8) is 0 Å². The number of halogens is 3. The second-order valence-electron chi connectivity index (χ2n) is 10.1. The summed E-state index contributed by atoms with van der Waals surface area (Å²) in [5.74, 6) is -2.71. The predicted molar refractivity (Wildman–Crippen MR) is 130 cm³/mol. The van der Waals surface area contributed by atoms with Crippen molar-refractivity contribution in [2.45, 2.75) is 57.0 Å². The Kier molecular flexibility index (Phi) is 6.76. The second-order valence-corrected chi connectivity index (χ2v) is 10.1. The van der Waals surface area contributed by atoms with E-state index in [0.29, 0.717) is 17.9 Å². The highest BCUT2D eigenvalue weighted by Crippen LogP contribution is 2.55. The Morgan fingerprint density at radius 2 is 1.92 bits per heavy atom. The fourth-order valence-corrected chi connectivity index (χ4v) is 4.79. The highest BCUT2D eigenvalue weighted by atomic mass is 19.4. The van der Waals surface area contributed by atoms with Crippen LogP contribution in [0.1, 0.15) is 44.0 Å². The molecular formula is C25H27F3N4O6. The van der Waals surface area contributed by atoms with E-state index in [0.717, 1.165) is 23.7 Å². The number of nitrogens with one attached hydrogen (secondary N) is 1. The molecule has 2 N–H and O–H groups in total. The third-order valence-electron chi connectivity index (χ3n) is 6.41. The van der Waals surface area contributed by atoms with Gasteiger partial charge in [0.15, 0.2) is 0 Å². The van der Waals surface area contributed by atoms with E-state index in [1.807, 2.05) is 24.7 Å². The number of amides is 1. The second kappa shape index (κ2) is 9.46. The lowest BCUT2D eigenvalue weighted by Gasteiger charge is -2.42. The third kappa shape index (κ3) is 5.23. The average Bonchev–Trinajstić information content (AvgIpc) is 3.46. The standard InChI is InChI=1S/C23H26N4O4.C2HF3O2/c1-14(2)31-19-9-18-15(10-27(25-18)23-11-22(3,12-23)30-13-23)8-16(19)20(28)24-17-6-5-7-26(4)21(17)29;3-2(4,5)1(6)7/h5-10,14H,11-13H2,1-4H3,(H,24,28);(H,6,7). The van der Waals surface area contributed by atoms with Crippen LogP contribution in [-0.2, 0) is 22.1 Å². The molecule has 1 amide bonds. The zero-order valence-electron chi connectivity index (χ0n) is 21.1. The van der Waals surface area contributed by atoms with Crippen LogP contribution >= 0.6 is 0 Å². The molecule has 2 bridgehead atoms. The smallest absolute Gasteiger partial charge is 0.490 e. The Morgan fingerprint density at radius 1 is 1.26 bits per heavy atom. The molecule has 2 aromatic heterocycles. The van der Waals surface area contributed by atoms with Crippen LogP contribution in [-0.4, -0.2) is 55.8 Å². The van der Waals surface area contributed by atoms with Crippen molar-refractivity contribution in [1.29, 1.82) is 0 Å². The lowest BCUT2D eigenvalue weighted by atomic mass is 9.69. The molecule has 1 aromatic carbocycles. The SMILES string of the molecule is CC(C)Oc1cc2nn(C34COC(C)(C3)C4)cc2cc1C(=O)Nc1cccn(C)c1=O.O=C(O)C(F)(F)F. The van der Waals surface area contributed by atoms with Gasteiger partial charge in [-0.25, -0.2) is 4.79 Å². The Bertz CT molecular complexity index is 1450. The first-order chi connectivity index (χ1) is 17.6. The first-order valence-corrected chi connectivity index (χ1v) is 11.7. The number of alkyl halides is 3. The summed E-state index contributed by atoms with van der Waals surface area (Å²) in [7, 11) is 1.64. The summed E-state index contributed by atoms with van der Waals surface area (Å²) >= 11 is 0. The number of anilines is 1. The van der Waals surface area contributed by atoms with Crippen molar-refractivity contribution in [2.24, 2.45) is 7.05 Å². The quantitative estimate of drug-likeness (QED) is 0.510. The third-order valence-corrected chi connectivity index (χ3v) is 6.41. The summed E-state index contributed by atoms with van der Waals surface area (Å²) in [5, 5.41) is 15.5. The number of carbonyl (C=O) groups is 2. The molecule has 0 radical (unpaired) electrons. The van der Waals surface area contributed by atoms with E-state index < -0.39 is 18.1 Å². The molecule has 0 unspecified atom stereocenters. The van der Waals surface area contributed by atoms with Gasteiger partial charge in [-0.05, 0) is 39.0 Å². The Balaban J connectivity index is 0.000000426. The summed E-state index contributed by atoms with van der Waals surface area (Å²) in [6.07, 6.45) is 0.289. The molecule has 3 fully saturated rings. The number of aromatic nitrogens is 3. The molecule has 2 aliphatic heterocycles. The summed E-state index contributed by atoms with van der Waals surface area (Å²) in [6, 6.07) is 6.88. The van der Waals surface area contributed by atoms with Crippen LogP contribution in [0.5, 0.6) is 5.75 Å². The molecule has 0 atom stereocenters. The summed E-state index contributed by atoms with van der Waals surface area (Å²) in [6.45, 7) is 6.59. The van der Waals surface area contributed by atoms with E-state index in [-0.39, 0.29) is 28.5 Å². The van der Waals surface area contributed by atoms with Gasteiger partial charge < -0.3 is 24.5 Å². The topological polar surface area (TPSA) is 125 Å². The molecule has 3 aromatic rings. The molecule has 6 rings (SSSR count). The normalized spacial score (nSPS) is 22.0. The maximum absolute atomic E-state index is 13.1. The number of nitrogens with zero attached hydrogens (tertiary/aromatic N) is 3. The van der Waals surface area contributed by atoms with Crippen LogP contribution in [0.3, 0.4) is 0 Å². The number of carboxylic acid groups (broad SMARTS) is 1. The van der Waals surface area contributed by atoms with Crippen LogP contribution in [0.4, 0.5) is 18.9 Å². The van der Waals surface area contributed by atoms with Crippen molar-refractivity contribution >= 4 is 28.5 Å². The maximum atomic E-state index is 13.1. The van der Waals surface area contributed by atoms with Crippen LogP contribution in [0.2, 0.25) is 0 Å². The summed E-state index contributed by atoms with van der Waals surface area (Å²) in [5.41, 5.74) is 0.923. The minimum absolute atomic E-state index is 0.0447. The fourth-order valence-electron chi connectivity index (χ4n) is 4.79. The molecule has 10 nitrogen and oxygen atoms in total. The van der Waals surface area contributed by atoms with Crippen molar-refractivity contribution in [2.75, 3.05) is 11.9 Å². The maximum Gasteiger partial charge on any atom is 0.490 e. The van der Waals surface area contributed by atoms with Crippen molar-refractivity contribution in [1.82, 2.24) is 14.3 Å². The number of carboxylic acids is 1. The van der Waals surface area contributed by atoms with Gasteiger partial charge in [0.1, 0.15) is 11.4 Å². The largest absolute Gasteiger partial charge is 0.490 e. The van der Waals surface area contributed by atoms with Gasteiger partial charge in [0.2, 0.25) is 0 Å². The predicted octanol–water partition coefficient (Wildman–Crippen LogP) is 3.69. The number of rotatable bonds is 5. The lowest BCUT2D eigenvalue weighted by molar-refractivity contribution is -0.192. The molecule has 1 aliphatic carbocycles. The molecule has 13 heteroatoms. The lowest BCUT2D eigenvalue weighted by Crippen LogP contribution is -2.49. The van der Waals surface area contributed by atoms with Gasteiger partial charge in [-0.15, -0.1) is 0 Å². The van der Waals surface area contributed by atoms with Gasteiger partial charge >= 0.3 is 12.1 Å².